The van der Waals surface area contributed by atoms with Crippen LogP contribution in [0.3, 0.4) is 0 Å². The van der Waals surface area contributed by atoms with Gasteiger partial charge in [0, 0.05) is 18.2 Å². The molecule has 0 aliphatic heterocycles. The highest BCUT2D eigenvalue weighted by Crippen LogP contribution is 2.18. The summed E-state index contributed by atoms with van der Waals surface area (Å²) in [6.45, 7) is 3.61. The highest BCUT2D eigenvalue weighted by molar-refractivity contribution is 5.94. The first-order valence-electron chi connectivity index (χ1n) is 5.73. The fourth-order valence-corrected chi connectivity index (χ4v) is 1.33. The molecule has 0 heterocycles. The number of aliphatic hydroxyl groups is 1. The van der Waals surface area contributed by atoms with Gasteiger partial charge in [-0.25, -0.2) is 0 Å². The molecule has 1 aromatic carbocycles. The van der Waals surface area contributed by atoms with Crippen molar-refractivity contribution >= 4 is 11.6 Å². The van der Waals surface area contributed by atoms with Crippen molar-refractivity contribution < 1.29 is 19.2 Å². The van der Waals surface area contributed by atoms with Gasteiger partial charge in [0.1, 0.15) is 0 Å². The van der Waals surface area contributed by atoms with Crippen LogP contribution in [-0.2, 0) is 0 Å². The Balaban J connectivity index is 2.78. The molecule has 1 atom stereocenters. The second-order valence-corrected chi connectivity index (χ2v) is 4.44. The first kappa shape index (κ1) is 15.0. The van der Waals surface area contributed by atoms with Gasteiger partial charge < -0.3 is 10.4 Å². The largest absolute Gasteiger partial charge is 0.391 e. The molecule has 1 unspecified atom stereocenters. The number of carbonyl (C=O) groups excluding carboxylic acids is 1. The van der Waals surface area contributed by atoms with Crippen molar-refractivity contribution in [1.82, 2.24) is 5.32 Å². The standard InChI is InChI=1S/C12H15FN2O4/c1-7(2)11(16)6-14-12(17)8-3-4-9(13)10(5-8)15(18)19/h3-5,7,11,16H,6H2,1-2H3,(H,14,17). The number of nitrogens with one attached hydrogen (secondary N) is 1. The van der Waals surface area contributed by atoms with Crippen molar-refractivity contribution in [3.8, 4) is 0 Å². The van der Waals surface area contributed by atoms with Crippen LogP contribution < -0.4 is 5.32 Å². The van der Waals surface area contributed by atoms with Gasteiger partial charge >= 0.3 is 5.69 Å². The molecular formula is C12H15FN2O4. The van der Waals surface area contributed by atoms with Crippen molar-refractivity contribution in [3.05, 3.63) is 39.7 Å². The number of amides is 1. The lowest BCUT2D eigenvalue weighted by atomic mass is 10.1. The summed E-state index contributed by atoms with van der Waals surface area (Å²) in [7, 11) is 0. The van der Waals surface area contributed by atoms with E-state index in [1.165, 1.54) is 0 Å². The number of rotatable bonds is 5. The molecule has 0 aliphatic rings. The minimum absolute atomic E-state index is 0.0240. The summed E-state index contributed by atoms with van der Waals surface area (Å²) in [5.74, 6) is -1.62. The lowest BCUT2D eigenvalue weighted by Gasteiger charge is -2.14. The van der Waals surface area contributed by atoms with Crippen LogP contribution in [0.5, 0.6) is 0 Å². The fourth-order valence-electron chi connectivity index (χ4n) is 1.33. The smallest absolute Gasteiger partial charge is 0.305 e. The van der Waals surface area contributed by atoms with E-state index >= 15 is 0 Å². The molecule has 2 N–H and O–H groups in total. The lowest BCUT2D eigenvalue weighted by molar-refractivity contribution is -0.387. The second kappa shape index (κ2) is 6.24. The molecule has 0 spiro atoms. The van der Waals surface area contributed by atoms with Gasteiger partial charge in [0.2, 0.25) is 5.82 Å². The van der Waals surface area contributed by atoms with Gasteiger partial charge in [0.25, 0.3) is 5.91 Å². The van der Waals surface area contributed by atoms with Gasteiger partial charge in [0.15, 0.2) is 0 Å². The van der Waals surface area contributed by atoms with Crippen LogP contribution in [0.2, 0.25) is 0 Å². The molecule has 6 nitrogen and oxygen atoms in total. The van der Waals surface area contributed by atoms with Gasteiger partial charge in [-0.15, -0.1) is 0 Å². The topological polar surface area (TPSA) is 92.5 Å². The molecule has 1 amide bonds. The molecule has 19 heavy (non-hydrogen) atoms. The molecule has 0 saturated heterocycles. The molecule has 0 radical (unpaired) electrons. The molecule has 1 aromatic rings. The van der Waals surface area contributed by atoms with Crippen molar-refractivity contribution in [2.75, 3.05) is 6.54 Å². The van der Waals surface area contributed by atoms with Crippen LogP contribution in [0.1, 0.15) is 24.2 Å². The first-order valence-corrected chi connectivity index (χ1v) is 5.73. The number of nitrogens with zero attached hydrogens (tertiary/aromatic N) is 1. The van der Waals surface area contributed by atoms with E-state index in [0.29, 0.717) is 0 Å². The molecule has 0 aliphatic carbocycles. The number of hydrogen-bond acceptors (Lipinski definition) is 4. The van der Waals surface area contributed by atoms with E-state index in [4.69, 9.17) is 0 Å². The third-order valence-corrected chi connectivity index (χ3v) is 2.65. The average molecular weight is 270 g/mol. The predicted octanol–water partition coefficient (Wildman–Crippen LogP) is 1.48. The number of nitro benzene ring substituents is 1. The number of nitro groups is 1. The monoisotopic (exact) mass is 270 g/mol. The summed E-state index contributed by atoms with van der Waals surface area (Å²) in [6.07, 6.45) is -0.709. The number of hydrogen-bond donors (Lipinski definition) is 2. The summed E-state index contributed by atoms with van der Waals surface area (Å²) in [6, 6.07) is 2.89. The number of halogens is 1. The molecule has 1 rings (SSSR count). The number of aliphatic hydroxyl groups excluding tert-OH is 1. The minimum Gasteiger partial charge on any atom is -0.391 e. The van der Waals surface area contributed by atoms with Crippen LogP contribution in [0, 0.1) is 21.8 Å². The Hall–Kier alpha value is -2.02. The highest BCUT2D eigenvalue weighted by Gasteiger charge is 2.18. The second-order valence-electron chi connectivity index (χ2n) is 4.44. The minimum atomic E-state index is -0.997. The summed E-state index contributed by atoms with van der Waals surface area (Å²) < 4.78 is 13.1. The first-order chi connectivity index (χ1) is 8.82. The van der Waals surface area contributed by atoms with Gasteiger partial charge in [-0.2, -0.15) is 4.39 Å². The van der Waals surface area contributed by atoms with E-state index in [2.05, 4.69) is 5.32 Å². The Bertz CT molecular complexity index is 491. The van der Waals surface area contributed by atoms with Crippen molar-refractivity contribution in [1.29, 1.82) is 0 Å². The van der Waals surface area contributed by atoms with Crippen molar-refractivity contribution in [3.63, 3.8) is 0 Å². The molecule has 0 aromatic heterocycles. The zero-order valence-corrected chi connectivity index (χ0v) is 10.6. The van der Waals surface area contributed by atoms with Crippen LogP contribution in [0.15, 0.2) is 18.2 Å². The van der Waals surface area contributed by atoms with E-state index in [0.717, 1.165) is 18.2 Å². The van der Waals surface area contributed by atoms with Gasteiger partial charge in [-0.1, -0.05) is 13.8 Å². The molecule has 104 valence electrons. The number of carbonyl (C=O) groups is 1. The number of benzene rings is 1. The van der Waals surface area contributed by atoms with Crippen molar-refractivity contribution in [2.45, 2.75) is 20.0 Å². The third kappa shape index (κ3) is 3.99. The molecule has 7 heteroatoms. The Labute approximate surface area is 109 Å². The predicted molar refractivity (Wildman–Crippen MR) is 66.2 cm³/mol. The van der Waals surface area contributed by atoms with Crippen LogP contribution in [0.4, 0.5) is 10.1 Å². The quantitative estimate of drug-likeness (QED) is 0.626. The maximum absolute atomic E-state index is 13.1. The Morgan fingerprint density at radius 1 is 1.53 bits per heavy atom. The molecule has 0 bridgehead atoms. The van der Waals surface area contributed by atoms with Gasteiger partial charge in [0.05, 0.1) is 11.0 Å². The summed E-state index contributed by atoms with van der Waals surface area (Å²) in [5.41, 5.74) is -0.777. The van der Waals surface area contributed by atoms with Gasteiger partial charge in [-0.05, 0) is 18.1 Å². The molecule has 0 saturated carbocycles. The van der Waals surface area contributed by atoms with Gasteiger partial charge in [-0.3, -0.25) is 14.9 Å². The van der Waals surface area contributed by atoms with E-state index in [-0.39, 0.29) is 18.0 Å². The SMILES string of the molecule is CC(C)C(O)CNC(=O)c1ccc(F)c([N+](=O)[O-])c1. The lowest BCUT2D eigenvalue weighted by Crippen LogP contribution is -2.34. The zero-order valence-electron chi connectivity index (χ0n) is 10.6. The normalized spacial score (nSPS) is 12.3. The summed E-state index contributed by atoms with van der Waals surface area (Å²) >= 11 is 0. The maximum Gasteiger partial charge on any atom is 0.305 e. The van der Waals surface area contributed by atoms with Crippen molar-refractivity contribution in [2.24, 2.45) is 5.92 Å². The molecule has 0 fully saturated rings. The highest BCUT2D eigenvalue weighted by atomic mass is 19.1. The fraction of sp³-hybridized carbons (Fsp3) is 0.417. The zero-order chi connectivity index (χ0) is 14.6. The Morgan fingerprint density at radius 2 is 2.16 bits per heavy atom. The van der Waals surface area contributed by atoms with E-state index in [1.54, 1.807) is 13.8 Å². The van der Waals surface area contributed by atoms with E-state index in [9.17, 15) is 24.4 Å². The third-order valence-electron chi connectivity index (χ3n) is 2.65. The Morgan fingerprint density at radius 3 is 2.68 bits per heavy atom. The Kier molecular flexibility index (Phi) is 4.94. The van der Waals surface area contributed by atoms with Crippen LogP contribution in [-0.4, -0.2) is 28.6 Å². The van der Waals surface area contributed by atoms with Crippen LogP contribution >= 0.6 is 0 Å². The molecular weight excluding hydrogens is 255 g/mol. The summed E-state index contributed by atoms with van der Waals surface area (Å²) in [4.78, 5) is 21.3. The van der Waals surface area contributed by atoms with Crippen LogP contribution in [0.25, 0.3) is 0 Å². The maximum atomic E-state index is 13.1. The van der Waals surface area contributed by atoms with E-state index < -0.39 is 28.4 Å². The summed E-state index contributed by atoms with van der Waals surface area (Å²) in [5, 5.41) is 22.5. The van der Waals surface area contributed by atoms with E-state index in [1.807, 2.05) is 0 Å². The average Bonchev–Trinajstić information content (AvgIpc) is 2.35.